The highest BCUT2D eigenvalue weighted by Crippen LogP contribution is 2.36. The van der Waals surface area contributed by atoms with E-state index in [0.29, 0.717) is 0 Å². The lowest BCUT2D eigenvalue weighted by molar-refractivity contribution is 0.00578. The van der Waals surface area contributed by atoms with Crippen molar-refractivity contribution in [3.05, 3.63) is 36.7 Å². The fourth-order valence-corrected chi connectivity index (χ4v) is 4.15. The topological polar surface area (TPSA) is 82.5 Å². The molecule has 1 saturated heterocycles. The van der Waals surface area contributed by atoms with Crippen LogP contribution in [0.2, 0.25) is 0 Å². The zero-order valence-corrected chi connectivity index (χ0v) is 16.8. The molecule has 2 aromatic rings. The molecule has 0 bridgehead atoms. The summed E-state index contributed by atoms with van der Waals surface area (Å²) in [6.45, 7) is 8.02. The van der Waals surface area contributed by atoms with Crippen LogP contribution in [0, 0.1) is 0 Å². The maximum Gasteiger partial charge on any atom is 0.498 e. The third-order valence-corrected chi connectivity index (χ3v) is 6.98. The lowest BCUT2D eigenvalue weighted by Crippen LogP contribution is -2.41. The van der Waals surface area contributed by atoms with Crippen LogP contribution in [-0.4, -0.2) is 42.6 Å². The summed E-state index contributed by atoms with van der Waals surface area (Å²) in [6, 6.07) is 6.75. The maximum atomic E-state index is 12.3. The van der Waals surface area contributed by atoms with Gasteiger partial charge in [0.15, 0.2) is 0 Å². The normalized spacial score (nSPS) is 21.6. The third-order valence-electron chi connectivity index (χ3n) is 5.44. The van der Waals surface area contributed by atoms with Crippen LogP contribution >= 0.6 is 0 Å². The predicted molar refractivity (Wildman–Crippen MR) is 103 cm³/mol. The molecule has 0 spiro atoms. The number of sulfonamides is 1. The molecule has 4 rings (SSSR count). The van der Waals surface area contributed by atoms with Crippen molar-refractivity contribution >= 4 is 22.6 Å². The molecule has 2 aliphatic rings. The van der Waals surface area contributed by atoms with Crippen LogP contribution in [-0.2, 0) is 19.3 Å². The van der Waals surface area contributed by atoms with Crippen molar-refractivity contribution in [3.8, 4) is 5.69 Å². The number of nitrogens with one attached hydrogen (secondary N) is 1. The fourth-order valence-electron chi connectivity index (χ4n) is 2.85. The summed E-state index contributed by atoms with van der Waals surface area (Å²) in [5.41, 5.74) is 0.762. The van der Waals surface area contributed by atoms with Crippen molar-refractivity contribution < 1.29 is 17.7 Å². The van der Waals surface area contributed by atoms with Gasteiger partial charge in [0.2, 0.25) is 10.0 Å². The number of aromatic nitrogens is 2. The molecule has 0 radical (unpaired) electrons. The first-order valence-electron chi connectivity index (χ1n) is 9.10. The molecule has 27 heavy (non-hydrogen) atoms. The van der Waals surface area contributed by atoms with Gasteiger partial charge < -0.3 is 9.31 Å². The molecule has 0 amide bonds. The fraction of sp³-hybridized carbons (Fsp3) is 0.500. The third kappa shape index (κ3) is 3.56. The van der Waals surface area contributed by atoms with Crippen LogP contribution < -0.4 is 10.2 Å². The zero-order chi connectivity index (χ0) is 19.4. The summed E-state index contributed by atoms with van der Waals surface area (Å²) in [6.07, 6.45) is 5.37. The minimum Gasteiger partial charge on any atom is -0.399 e. The Kier molecular flexibility index (Phi) is 4.27. The number of hydrogen-bond donors (Lipinski definition) is 1. The molecule has 1 aliphatic heterocycles. The molecule has 0 atom stereocenters. The Balaban J connectivity index is 1.52. The summed E-state index contributed by atoms with van der Waals surface area (Å²) < 4.78 is 41.0. The van der Waals surface area contributed by atoms with Crippen molar-refractivity contribution in [3.63, 3.8) is 0 Å². The van der Waals surface area contributed by atoms with E-state index < -0.39 is 28.3 Å². The molecule has 144 valence electrons. The summed E-state index contributed by atoms with van der Waals surface area (Å²) in [5.74, 6) is 0. The highest BCUT2D eigenvalue weighted by Gasteiger charge is 2.52. The first-order valence-corrected chi connectivity index (χ1v) is 10.6. The second kappa shape index (κ2) is 6.17. The van der Waals surface area contributed by atoms with E-state index in [-0.39, 0.29) is 10.9 Å². The van der Waals surface area contributed by atoms with E-state index in [1.807, 2.05) is 33.9 Å². The quantitative estimate of drug-likeness (QED) is 0.786. The van der Waals surface area contributed by atoms with E-state index in [0.717, 1.165) is 24.0 Å². The molecule has 1 N–H and O–H groups in total. The Morgan fingerprint density at radius 3 is 2.26 bits per heavy atom. The molecular formula is C18H24BN3O4S. The smallest absolute Gasteiger partial charge is 0.399 e. The van der Waals surface area contributed by atoms with Crippen LogP contribution in [0.1, 0.15) is 40.5 Å². The van der Waals surface area contributed by atoms with Gasteiger partial charge >= 0.3 is 7.12 Å². The molecular weight excluding hydrogens is 365 g/mol. The SMILES string of the molecule is CC1(C)OB(c2cnn(-c3ccc(S(=O)(=O)NC4CC4)cc3)c2)OC1(C)C. The average Bonchev–Trinajstić information content (AvgIpc) is 3.18. The van der Waals surface area contributed by atoms with E-state index in [2.05, 4.69) is 9.82 Å². The summed E-state index contributed by atoms with van der Waals surface area (Å²) in [4.78, 5) is 0.261. The van der Waals surface area contributed by atoms with Crippen molar-refractivity contribution in [2.24, 2.45) is 0 Å². The lowest BCUT2D eigenvalue weighted by atomic mass is 9.82. The first kappa shape index (κ1) is 18.7. The Bertz CT molecular complexity index is 933. The monoisotopic (exact) mass is 389 g/mol. The van der Waals surface area contributed by atoms with Crippen LogP contribution in [0.15, 0.2) is 41.6 Å². The standard InChI is InChI=1S/C18H24BN3O4S/c1-17(2)18(3,4)26-19(25-17)13-11-20-22(12-13)15-7-9-16(10-8-15)27(23,24)21-14-5-6-14/h7-12,14,21H,5-6H2,1-4H3. The summed E-state index contributed by atoms with van der Waals surface area (Å²) >= 11 is 0. The van der Waals surface area contributed by atoms with Gasteiger partial charge in [0, 0.05) is 23.9 Å². The summed E-state index contributed by atoms with van der Waals surface area (Å²) in [5, 5.41) is 4.37. The molecule has 1 aromatic heterocycles. The predicted octanol–water partition coefficient (Wildman–Crippen LogP) is 1.61. The Labute approximate surface area is 160 Å². The second-order valence-corrected chi connectivity index (χ2v) is 9.91. The largest absolute Gasteiger partial charge is 0.498 e. The van der Waals surface area contributed by atoms with Gasteiger partial charge in [-0.1, -0.05) is 0 Å². The Morgan fingerprint density at radius 2 is 1.70 bits per heavy atom. The van der Waals surface area contributed by atoms with Gasteiger partial charge in [-0.2, -0.15) is 5.10 Å². The number of benzene rings is 1. The van der Waals surface area contributed by atoms with Gasteiger partial charge in [-0.15, -0.1) is 0 Å². The second-order valence-electron chi connectivity index (χ2n) is 8.20. The van der Waals surface area contributed by atoms with E-state index in [1.165, 1.54) is 0 Å². The lowest BCUT2D eigenvalue weighted by Gasteiger charge is -2.32. The highest BCUT2D eigenvalue weighted by atomic mass is 32.2. The minimum atomic E-state index is -3.45. The van der Waals surface area contributed by atoms with Gasteiger partial charge in [0.05, 0.1) is 21.8 Å². The van der Waals surface area contributed by atoms with Crippen molar-refractivity contribution in [2.75, 3.05) is 0 Å². The van der Waals surface area contributed by atoms with Gasteiger partial charge in [0.1, 0.15) is 0 Å². The molecule has 2 fully saturated rings. The number of rotatable bonds is 5. The highest BCUT2D eigenvalue weighted by molar-refractivity contribution is 7.89. The van der Waals surface area contributed by atoms with Crippen LogP contribution in [0.5, 0.6) is 0 Å². The van der Waals surface area contributed by atoms with E-state index >= 15 is 0 Å². The Morgan fingerprint density at radius 1 is 1.11 bits per heavy atom. The van der Waals surface area contributed by atoms with Gasteiger partial charge in [-0.25, -0.2) is 17.8 Å². The Hall–Kier alpha value is -1.68. The van der Waals surface area contributed by atoms with Crippen molar-refractivity contribution in [2.45, 2.75) is 62.7 Å². The molecule has 9 heteroatoms. The summed E-state index contributed by atoms with van der Waals surface area (Å²) in [7, 11) is -3.93. The molecule has 1 saturated carbocycles. The van der Waals surface area contributed by atoms with Crippen LogP contribution in [0.25, 0.3) is 5.69 Å². The van der Waals surface area contributed by atoms with Gasteiger partial charge in [-0.05, 0) is 64.8 Å². The molecule has 2 heterocycles. The first-order chi connectivity index (χ1) is 12.6. The molecule has 0 unspecified atom stereocenters. The zero-order valence-electron chi connectivity index (χ0n) is 16.0. The van der Waals surface area contributed by atoms with Crippen molar-refractivity contribution in [1.82, 2.24) is 14.5 Å². The van der Waals surface area contributed by atoms with Crippen LogP contribution in [0.3, 0.4) is 0 Å². The van der Waals surface area contributed by atoms with Gasteiger partial charge in [-0.3, -0.25) is 0 Å². The average molecular weight is 389 g/mol. The molecule has 1 aliphatic carbocycles. The van der Waals surface area contributed by atoms with Gasteiger partial charge in [0.25, 0.3) is 0 Å². The van der Waals surface area contributed by atoms with Crippen molar-refractivity contribution in [1.29, 1.82) is 0 Å². The van der Waals surface area contributed by atoms with E-state index in [9.17, 15) is 8.42 Å². The van der Waals surface area contributed by atoms with Crippen LogP contribution in [0.4, 0.5) is 0 Å². The minimum absolute atomic E-state index is 0.0864. The molecule has 7 nitrogen and oxygen atoms in total. The van der Waals surface area contributed by atoms with E-state index in [1.54, 1.807) is 35.1 Å². The maximum absolute atomic E-state index is 12.3. The number of hydrogen-bond acceptors (Lipinski definition) is 5. The molecule has 1 aromatic carbocycles. The van der Waals surface area contributed by atoms with E-state index in [4.69, 9.17) is 9.31 Å². The number of nitrogens with zero attached hydrogens (tertiary/aromatic N) is 2.